The van der Waals surface area contributed by atoms with Crippen molar-refractivity contribution in [3.05, 3.63) is 24.3 Å². The third-order valence-corrected chi connectivity index (χ3v) is 2.46. The molecule has 0 radical (unpaired) electrons. The number of nitrogens with one attached hydrogen (secondary N) is 2. The molecule has 0 aliphatic rings. The topological polar surface area (TPSA) is 61.4 Å². The lowest BCUT2D eigenvalue weighted by Gasteiger charge is -2.18. The van der Waals surface area contributed by atoms with Crippen molar-refractivity contribution in [3.63, 3.8) is 0 Å². The van der Waals surface area contributed by atoms with Gasteiger partial charge in [0.1, 0.15) is 0 Å². The Morgan fingerprint density at radius 1 is 1.05 bits per heavy atom. The van der Waals surface area contributed by atoms with Crippen LogP contribution < -0.4 is 10.6 Å². The van der Waals surface area contributed by atoms with Crippen molar-refractivity contribution in [2.24, 2.45) is 5.41 Å². The number of hydrogen-bond donors (Lipinski definition) is 2. The third kappa shape index (κ3) is 4.62. The van der Waals surface area contributed by atoms with E-state index in [0.717, 1.165) is 0 Å². The van der Waals surface area contributed by atoms with Crippen LogP contribution in [-0.4, -0.2) is 30.9 Å². The number of hydrogen-bond acceptors (Lipinski definition) is 2. The fourth-order valence-electron chi connectivity index (χ4n) is 1.23. The molecule has 0 bridgehead atoms. The summed E-state index contributed by atoms with van der Waals surface area (Å²) in [5.41, 5.74) is 0.852. The van der Waals surface area contributed by atoms with E-state index in [-0.39, 0.29) is 11.9 Å². The Kier molecular flexibility index (Phi) is 4.53. The quantitative estimate of drug-likeness (QED) is 0.861. The van der Waals surface area contributed by atoms with Gasteiger partial charge in [-0.1, -0.05) is 26.8 Å². The molecule has 19 heavy (non-hydrogen) atoms. The second-order valence-corrected chi connectivity index (χ2v) is 5.61. The van der Waals surface area contributed by atoms with E-state index in [1.165, 1.54) is 4.90 Å². The molecule has 0 aliphatic carbocycles. The predicted molar refractivity (Wildman–Crippen MR) is 77.2 cm³/mol. The molecule has 0 heterocycles. The number of carbonyl (C=O) groups is 2. The van der Waals surface area contributed by atoms with E-state index in [0.29, 0.717) is 11.4 Å². The van der Waals surface area contributed by atoms with Crippen molar-refractivity contribution < 1.29 is 9.59 Å². The first-order valence-corrected chi connectivity index (χ1v) is 6.10. The van der Waals surface area contributed by atoms with E-state index in [1.54, 1.807) is 38.4 Å². The van der Waals surface area contributed by atoms with Gasteiger partial charge in [-0.15, -0.1) is 0 Å². The zero-order valence-corrected chi connectivity index (χ0v) is 12.1. The highest BCUT2D eigenvalue weighted by atomic mass is 16.2. The summed E-state index contributed by atoms with van der Waals surface area (Å²) in [5.74, 6) is -0.0661. The minimum absolute atomic E-state index is 0.0661. The SMILES string of the molecule is CN(C)C(=O)Nc1cccc(NC(=O)C(C)(C)C)c1. The summed E-state index contributed by atoms with van der Waals surface area (Å²) in [6.07, 6.45) is 0. The van der Waals surface area contributed by atoms with Crippen LogP contribution in [0.4, 0.5) is 16.2 Å². The smallest absolute Gasteiger partial charge is 0.321 e. The Morgan fingerprint density at radius 3 is 2.05 bits per heavy atom. The summed E-state index contributed by atoms with van der Waals surface area (Å²) in [6.45, 7) is 5.54. The largest absolute Gasteiger partial charge is 0.331 e. The van der Waals surface area contributed by atoms with Crippen molar-refractivity contribution in [1.29, 1.82) is 0 Å². The first-order chi connectivity index (χ1) is 8.70. The van der Waals surface area contributed by atoms with Crippen LogP contribution in [0.1, 0.15) is 20.8 Å². The lowest BCUT2D eigenvalue weighted by molar-refractivity contribution is -0.123. The first kappa shape index (κ1) is 15.0. The second kappa shape index (κ2) is 5.73. The van der Waals surface area contributed by atoms with Crippen LogP contribution in [0.15, 0.2) is 24.3 Å². The molecule has 0 unspecified atom stereocenters. The Balaban J connectivity index is 2.78. The van der Waals surface area contributed by atoms with E-state index in [1.807, 2.05) is 20.8 Å². The average Bonchev–Trinajstić information content (AvgIpc) is 2.27. The highest BCUT2D eigenvalue weighted by Crippen LogP contribution is 2.20. The Hall–Kier alpha value is -2.04. The second-order valence-electron chi connectivity index (χ2n) is 5.61. The predicted octanol–water partition coefficient (Wildman–Crippen LogP) is 2.76. The van der Waals surface area contributed by atoms with Crippen LogP contribution in [0, 0.1) is 5.41 Å². The molecule has 0 fully saturated rings. The molecule has 2 N–H and O–H groups in total. The van der Waals surface area contributed by atoms with Gasteiger partial charge in [-0.3, -0.25) is 4.79 Å². The molecule has 0 aliphatic heterocycles. The maximum absolute atomic E-state index is 11.9. The van der Waals surface area contributed by atoms with Crippen molar-refractivity contribution in [3.8, 4) is 0 Å². The van der Waals surface area contributed by atoms with Crippen LogP contribution in [0.25, 0.3) is 0 Å². The van der Waals surface area contributed by atoms with Gasteiger partial charge in [-0.25, -0.2) is 4.79 Å². The van der Waals surface area contributed by atoms with E-state index in [4.69, 9.17) is 0 Å². The van der Waals surface area contributed by atoms with Gasteiger partial charge in [0.05, 0.1) is 0 Å². The Labute approximate surface area is 114 Å². The van der Waals surface area contributed by atoms with Crippen molar-refractivity contribution in [2.75, 3.05) is 24.7 Å². The summed E-state index contributed by atoms with van der Waals surface area (Å²) in [4.78, 5) is 24.8. The van der Waals surface area contributed by atoms with Gasteiger partial charge >= 0.3 is 6.03 Å². The normalized spacial score (nSPS) is 10.8. The molecule has 0 saturated carbocycles. The first-order valence-electron chi connectivity index (χ1n) is 6.10. The van der Waals surface area contributed by atoms with E-state index < -0.39 is 5.41 Å². The fourth-order valence-corrected chi connectivity index (χ4v) is 1.23. The van der Waals surface area contributed by atoms with Crippen LogP contribution in [0.2, 0.25) is 0 Å². The number of carbonyl (C=O) groups excluding carboxylic acids is 2. The fraction of sp³-hybridized carbons (Fsp3) is 0.429. The number of nitrogens with zero attached hydrogens (tertiary/aromatic N) is 1. The van der Waals surface area contributed by atoms with Crippen LogP contribution >= 0.6 is 0 Å². The Morgan fingerprint density at radius 2 is 1.58 bits per heavy atom. The van der Waals surface area contributed by atoms with Crippen molar-refractivity contribution in [1.82, 2.24) is 4.90 Å². The van der Waals surface area contributed by atoms with Crippen LogP contribution in [0.5, 0.6) is 0 Å². The monoisotopic (exact) mass is 263 g/mol. The van der Waals surface area contributed by atoms with Gasteiger partial charge in [-0.05, 0) is 18.2 Å². The summed E-state index contributed by atoms with van der Waals surface area (Å²) >= 11 is 0. The zero-order valence-electron chi connectivity index (χ0n) is 12.1. The van der Waals surface area contributed by atoms with Crippen molar-refractivity contribution in [2.45, 2.75) is 20.8 Å². The van der Waals surface area contributed by atoms with Gasteiger partial charge in [0.15, 0.2) is 0 Å². The molecule has 5 heteroatoms. The lowest BCUT2D eigenvalue weighted by Crippen LogP contribution is -2.28. The van der Waals surface area contributed by atoms with E-state index in [2.05, 4.69) is 10.6 Å². The van der Waals surface area contributed by atoms with Crippen LogP contribution in [-0.2, 0) is 4.79 Å². The highest BCUT2D eigenvalue weighted by Gasteiger charge is 2.21. The third-order valence-electron chi connectivity index (χ3n) is 2.46. The molecule has 1 rings (SSSR count). The molecule has 0 atom stereocenters. The molecular formula is C14H21N3O2. The minimum atomic E-state index is -0.455. The highest BCUT2D eigenvalue weighted by molar-refractivity contribution is 5.95. The molecule has 0 aromatic heterocycles. The Bertz CT molecular complexity index is 476. The molecule has 1 aromatic rings. The van der Waals surface area contributed by atoms with Gasteiger partial charge in [-0.2, -0.15) is 0 Å². The zero-order chi connectivity index (χ0) is 14.6. The lowest BCUT2D eigenvalue weighted by atomic mass is 9.95. The number of amides is 3. The standard InChI is InChI=1S/C14H21N3O2/c1-14(2,3)12(18)15-10-7-6-8-11(9-10)16-13(19)17(4)5/h6-9H,1-5H3,(H,15,18)(H,16,19). The molecule has 3 amide bonds. The maximum atomic E-state index is 11.9. The molecule has 5 nitrogen and oxygen atoms in total. The summed E-state index contributed by atoms with van der Waals surface area (Å²) in [5, 5.41) is 5.55. The van der Waals surface area contributed by atoms with Gasteiger partial charge in [0, 0.05) is 30.9 Å². The van der Waals surface area contributed by atoms with Gasteiger partial charge in [0.25, 0.3) is 0 Å². The molecule has 1 aromatic carbocycles. The van der Waals surface area contributed by atoms with Gasteiger partial charge < -0.3 is 15.5 Å². The van der Waals surface area contributed by atoms with E-state index in [9.17, 15) is 9.59 Å². The average molecular weight is 263 g/mol. The molecule has 0 saturated heterocycles. The number of rotatable bonds is 2. The molecule has 104 valence electrons. The molecular weight excluding hydrogens is 242 g/mol. The maximum Gasteiger partial charge on any atom is 0.321 e. The summed E-state index contributed by atoms with van der Waals surface area (Å²) in [6, 6.07) is 6.86. The number of anilines is 2. The number of benzene rings is 1. The summed E-state index contributed by atoms with van der Waals surface area (Å²) < 4.78 is 0. The van der Waals surface area contributed by atoms with Gasteiger partial charge in [0.2, 0.25) is 5.91 Å². The molecule has 0 spiro atoms. The number of urea groups is 1. The minimum Gasteiger partial charge on any atom is -0.331 e. The van der Waals surface area contributed by atoms with Crippen molar-refractivity contribution >= 4 is 23.3 Å². The summed E-state index contributed by atoms with van der Waals surface area (Å²) in [7, 11) is 3.33. The van der Waals surface area contributed by atoms with Crippen LogP contribution in [0.3, 0.4) is 0 Å². The van der Waals surface area contributed by atoms with E-state index >= 15 is 0 Å².